The van der Waals surface area contributed by atoms with Crippen LogP contribution in [0.5, 0.6) is 17.2 Å². The van der Waals surface area contributed by atoms with Crippen LogP contribution < -0.4 is 24.8 Å². The van der Waals surface area contributed by atoms with E-state index in [4.69, 9.17) is 60.6 Å². The molecule has 2 aliphatic heterocycles. The molecule has 4 atom stereocenters. The van der Waals surface area contributed by atoms with Crippen molar-refractivity contribution in [2.75, 3.05) is 40.4 Å². The molecule has 2 heterocycles. The standard InChI is InChI=1S/C17H17Cl2NO2.C11H15NO2.C6H3Cl2F/c1-20-9-11-10-21-16-5-3-2-4-13(16)17(11)22-12-6-7-14(18)15(19)8-12;1-12-6-8-7-14-10-5-3-2-4-9(10)11(8)13;7-5-2-1-4(9)3-6(5)8/h2-8,11,17,20H,9-10H2,1H3;2-5,8,11-13H,6-7H2,1H3;1-3H/t11-,17-;8-,11-;/m00./s1. The maximum atomic E-state index is 12.2. The second-order valence-corrected chi connectivity index (χ2v) is 12.1. The summed E-state index contributed by atoms with van der Waals surface area (Å²) in [6.07, 6.45) is -0.498. The summed E-state index contributed by atoms with van der Waals surface area (Å²) in [6, 6.07) is 24.8. The first kappa shape index (κ1) is 35.1. The number of ether oxygens (including phenoxy) is 3. The predicted molar refractivity (Wildman–Crippen MR) is 180 cm³/mol. The van der Waals surface area contributed by atoms with Gasteiger partial charge in [-0.25, -0.2) is 4.39 Å². The summed E-state index contributed by atoms with van der Waals surface area (Å²) in [7, 11) is 3.81. The van der Waals surface area contributed by atoms with Crippen LogP contribution in [-0.2, 0) is 0 Å². The quantitative estimate of drug-likeness (QED) is 0.176. The zero-order valence-corrected chi connectivity index (χ0v) is 27.8. The van der Waals surface area contributed by atoms with Gasteiger partial charge in [0.2, 0.25) is 0 Å². The van der Waals surface area contributed by atoms with Gasteiger partial charge < -0.3 is 30.0 Å². The maximum absolute atomic E-state index is 12.2. The van der Waals surface area contributed by atoms with Crippen molar-refractivity contribution in [1.82, 2.24) is 10.6 Å². The molecule has 6 rings (SSSR count). The Balaban J connectivity index is 0.000000171. The third-order valence-corrected chi connectivity index (χ3v) is 8.69. The second-order valence-electron chi connectivity index (χ2n) is 10.5. The van der Waals surface area contributed by atoms with E-state index in [1.165, 1.54) is 18.2 Å². The highest BCUT2D eigenvalue weighted by Crippen LogP contribution is 2.39. The SMILES string of the molecule is CNC[C@H]1COc2ccccc2[C@H]1O.CNC[C@H]1COc2ccccc2[C@H]1Oc1ccc(Cl)c(Cl)c1.Fc1ccc(Cl)c(Cl)c1. The van der Waals surface area contributed by atoms with E-state index in [0.717, 1.165) is 35.7 Å². The van der Waals surface area contributed by atoms with Gasteiger partial charge in [-0.3, -0.25) is 0 Å². The lowest BCUT2D eigenvalue weighted by molar-refractivity contribution is 0.0516. The Hall–Kier alpha value is -2.75. The molecular weight excluding hydrogens is 661 g/mol. The maximum Gasteiger partial charge on any atom is 0.135 e. The predicted octanol–water partition coefficient (Wildman–Crippen LogP) is 8.42. The van der Waals surface area contributed by atoms with Gasteiger partial charge in [-0.2, -0.15) is 0 Å². The van der Waals surface area contributed by atoms with Crippen molar-refractivity contribution in [3.63, 3.8) is 0 Å². The molecule has 6 nitrogen and oxygen atoms in total. The molecule has 0 spiro atoms. The van der Waals surface area contributed by atoms with Gasteiger partial charge in [-0.05, 0) is 56.6 Å². The van der Waals surface area contributed by atoms with Gasteiger partial charge in [-0.1, -0.05) is 82.8 Å². The number of rotatable bonds is 6. The number of hydrogen-bond acceptors (Lipinski definition) is 6. The van der Waals surface area contributed by atoms with Crippen LogP contribution >= 0.6 is 46.4 Å². The van der Waals surface area contributed by atoms with Crippen molar-refractivity contribution in [2.45, 2.75) is 12.2 Å². The molecule has 11 heteroatoms. The Kier molecular flexibility index (Phi) is 13.5. The van der Waals surface area contributed by atoms with E-state index >= 15 is 0 Å². The fourth-order valence-corrected chi connectivity index (χ4v) is 5.54. The number of para-hydroxylation sites is 2. The highest BCUT2D eigenvalue weighted by atomic mass is 35.5. The van der Waals surface area contributed by atoms with Gasteiger partial charge >= 0.3 is 0 Å². The van der Waals surface area contributed by atoms with Crippen molar-refractivity contribution in [2.24, 2.45) is 11.8 Å². The van der Waals surface area contributed by atoms with Crippen molar-refractivity contribution < 1.29 is 23.7 Å². The molecule has 2 aliphatic rings. The molecule has 3 N–H and O–H groups in total. The molecule has 0 saturated heterocycles. The van der Waals surface area contributed by atoms with Crippen molar-refractivity contribution in [1.29, 1.82) is 0 Å². The minimum absolute atomic E-state index is 0.0883. The van der Waals surface area contributed by atoms with E-state index in [0.29, 0.717) is 34.0 Å². The minimum Gasteiger partial charge on any atom is -0.493 e. The molecule has 0 unspecified atom stereocenters. The molecule has 0 fully saturated rings. The van der Waals surface area contributed by atoms with Crippen LogP contribution in [0, 0.1) is 17.7 Å². The Bertz CT molecular complexity index is 1550. The lowest BCUT2D eigenvalue weighted by Gasteiger charge is -2.33. The molecule has 4 aromatic rings. The van der Waals surface area contributed by atoms with Crippen LogP contribution in [-0.4, -0.2) is 45.5 Å². The van der Waals surface area contributed by atoms with E-state index in [9.17, 15) is 9.50 Å². The van der Waals surface area contributed by atoms with Crippen molar-refractivity contribution in [3.8, 4) is 17.2 Å². The molecule has 0 saturated carbocycles. The van der Waals surface area contributed by atoms with Gasteiger partial charge in [0.1, 0.15) is 29.2 Å². The minimum atomic E-state index is -0.410. The molecule has 0 radical (unpaired) electrons. The highest BCUT2D eigenvalue weighted by molar-refractivity contribution is 6.42. The summed E-state index contributed by atoms with van der Waals surface area (Å²) in [4.78, 5) is 0. The molecule has 0 aliphatic carbocycles. The topological polar surface area (TPSA) is 72.0 Å². The van der Waals surface area contributed by atoms with Gasteiger partial charge in [0.15, 0.2) is 0 Å². The van der Waals surface area contributed by atoms with Gasteiger partial charge in [0.25, 0.3) is 0 Å². The average molecular weight is 696 g/mol. The number of aliphatic hydroxyl groups excluding tert-OH is 1. The van der Waals surface area contributed by atoms with Crippen LogP contribution in [0.3, 0.4) is 0 Å². The summed E-state index contributed by atoms with van der Waals surface area (Å²) < 4.78 is 29.8. The van der Waals surface area contributed by atoms with E-state index in [1.807, 2.05) is 68.7 Å². The zero-order chi connectivity index (χ0) is 32.3. The van der Waals surface area contributed by atoms with E-state index in [2.05, 4.69) is 10.6 Å². The smallest absolute Gasteiger partial charge is 0.135 e. The number of nitrogens with one attached hydrogen (secondary N) is 2. The number of hydrogen-bond donors (Lipinski definition) is 3. The monoisotopic (exact) mass is 694 g/mol. The third kappa shape index (κ3) is 9.63. The van der Waals surface area contributed by atoms with Crippen LogP contribution in [0.1, 0.15) is 23.3 Å². The highest BCUT2D eigenvalue weighted by Gasteiger charge is 2.32. The fraction of sp³-hybridized carbons (Fsp3) is 0.294. The largest absolute Gasteiger partial charge is 0.493 e. The van der Waals surface area contributed by atoms with Gasteiger partial charge in [0.05, 0.1) is 39.4 Å². The zero-order valence-electron chi connectivity index (χ0n) is 24.8. The Labute approximate surface area is 283 Å². The lowest BCUT2D eigenvalue weighted by Crippen LogP contribution is -2.35. The summed E-state index contributed by atoms with van der Waals surface area (Å²) in [6.45, 7) is 2.78. The van der Waals surface area contributed by atoms with Crippen LogP contribution in [0.25, 0.3) is 0 Å². The number of benzene rings is 4. The first-order valence-electron chi connectivity index (χ1n) is 14.3. The van der Waals surface area contributed by atoms with Crippen molar-refractivity contribution in [3.05, 3.63) is 122 Å². The first-order valence-corrected chi connectivity index (χ1v) is 15.9. The lowest BCUT2D eigenvalue weighted by atomic mass is 9.93. The fourth-order valence-electron chi connectivity index (χ4n) is 4.97. The molecule has 45 heavy (non-hydrogen) atoms. The molecule has 0 aromatic heterocycles. The summed E-state index contributed by atoms with van der Waals surface area (Å²) >= 11 is 23.0. The molecule has 240 valence electrons. The van der Waals surface area contributed by atoms with E-state index < -0.39 is 6.10 Å². The van der Waals surface area contributed by atoms with E-state index in [-0.39, 0.29) is 28.8 Å². The van der Waals surface area contributed by atoms with Crippen LogP contribution in [0.4, 0.5) is 4.39 Å². The van der Waals surface area contributed by atoms with Crippen LogP contribution in [0.2, 0.25) is 20.1 Å². The summed E-state index contributed by atoms with van der Waals surface area (Å²) in [5.41, 5.74) is 1.96. The third-order valence-electron chi connectivity index (χ3n) is 7.21. The number of halogens is 5. The number of aliphatic hydroxyl groups is 1. The summed E-state index contributed by atoms with van der Waals surface area (Å²) in [5.74, 6) is 2.39. The molecule has 4 aromatic carbocycles. The number of fused-ring (bicyclic) bond motifs is 2. The Morgan fingerprint density at radius 3 is 1.84 bits per heavy atom. The van der Waals surface area contributed by atoms with Gasteiger partial charge in [-0.15, -0.1) is 0 Å². The molecule has 0 amide bonds. The average Bonchev–Trinajstić information content (AvgIpc) is 3.04. The Morgan fingerprint density at radius 1 is 0.711 bits per heavy atom. The second kappa shape index (κ2) is 17.2. The van der Waals surface area contributed by atoms with Gasteiger partial charge in [0, 0.05) is 42.1 Å². The van der Waals surface area contributed by atoms with Crippen LogP contribution in [0.15, 0.2) is 84.9 Å². The molecule has 0 bridgehead atoms. The Morgan fingerprint density at radius 2 is 1.24 bits per heavy atom. The normalized spacial score (nSPS) is 19.6. The van der Waals surface area contributed by atoms with E-state index in [1.54, 1.807) is 12.1 Å². The first-order chi connectivity index (χ1) is 21.7. The van der Waals surface area contributed by atoms with Crippen molar-refractivity contribution >= 4 is 46.4 Å². The molecular formula is C34H35Cl4FN2O4. The summed E-state index contributed by atoms with van der Waals surface area (Å²) in [5, 5.41) is 17.9.